The molecule has 0 saturated carbocycles. The molecule has 7 heteroatoms. The Hall–Kier alpha value is -1.63. The van der Waals surface area contributed by atoms with Crippen LogP contribution in [-0.4, -0.2) is 59.6 Å². The van der Waals surface area contributed by atoms with Crippen molar-refractivity contribution in [1.82, 2.24) is 10.2 Å². The van der Waals surface area contributed by atoms with Crippen molar-refractivity contribution in [1.29, 1.82) is 0 Å². The molecule has 2 saturated heterocycles. The van der Waals surface area contributed by atoms with E-state index >= 15 is 0 Å². The van der Waals surface area contributed by atoms with Gasteiger partial charge in [0.1, 0.15) is 6.04 Å². The average molecular weight is 256 g/mol. The van der Waals surface area contributed by atoms with Gasteiger partial charge in [-0.05, 0) is 6.42 Å². The summed E-state index contributed by atoms with van der Waals surface area (Å²) in [5.41, 5.74) is 0. The van der Waals surface area contributed by atoms with Crippen LogP contribution < -0.4 is 5.32 Å². The van der Waals surface area contributed by atoms with Gasteiger partial charge in [-0.2, -0.15) is 0 Å². The molecule has 2 amide bonds. The lowest BCUT2D eigenvalue weighted by atomic mass is 10.1. The van der Waals surface area contributed by atoms with Gasteiger partial charge in [0.2, 0.25) is 11.8 Å². The highest BCUT2D eigenvalue weighted by Crippen LogP contribution is 2.14. The SMILES string of the molecule is O=C(O)CC1CN(C(=O)[C@@H]2CCC(=O)N2)CCO1. The average Bonchev–Trinajstić information content (AvgIpc) is 2.74. The van der Waals surface area contributed by atoms with Crippen LogP contribution >= 0.6 is 0 Å². The standard InChI is InChI=1S/C11H16N2O5/c14-9-2-1-8(12-9)11(17)13-3-4-18-7(6-13)5-10(15)16/h7-8H,1-6H2,(H,12,14)(H,15,16)/t7?,8-/m0/s1. The molecule has 0 aliphatic carbocycles. The molecule has 1 unspecified atom stereocenters. The van der Waals surface area contributed by atoms with Crippen LogP contribution in [0.4, 0.5) is 0 Å². The van der Waals surface area contributed by atoms with E-state index in [-0.39, 0.29) is 24.8 Å². The van der Waals surface area contributed by atoms with Crippen molar-refractivity contribution in [2.24, 2.45) is 0 Å². The number of nitrogens with zero attached hydrogens (tertiary/aromatic N) is 1. The van der Waals surface area contributed by atoms with E-state index in [2.05, 4.69) is 5.32 Å². The van der Waals surface area contributed by atoms with Gasteiger partial charge in [-0.3, -0.25) is 14.4 Å². The molecule has 0 bridgehead atoms. The number of rotatable bonds is 3. The second kappa shape index (κ2) is 5.34. The zero-order valence-electron chi connectivity index (χ0n) is 9.92. The van der Waals surface area contributed by atoms with Crippen LogP contribution in [0.2, 0.25) is 0 Å². The van der Waals surface area contributed by atoms with Crippen molar-refractivity contribution in [2.45, 2.75) is 31.4 Å². The maximum absolute atomic E-state index is 12.1. The number of carbonyl (C=O) groups excluding carboxylic acids is 2. The summed E-state index contributed by atoms with van der Waals surface area (Å²) < 4.78 is 5.29. The lowest BCUT2D eigenvalue weighted by molar-refractivity contribution is -0.148. The van der Waals surface area contributed by atoms with Crippen molar-refractivity contribution >= 4 is 17.8 Å². The number of morpholine rings is 1. The van der Waals surface area contributed by atoms with Crippen LogP contribution in [0.3, 0.4) is 0 Å². The summed E-state index contributed by atoms with van der Waals surface area (Å²) in [7, 11) is 0. The molecule has 18 heavy (non-hydrogen) atoms. The van der Waals surface area contributed by atoms with Crippen LogP contribution in [0.25, 0.3) is 0 Å². The van der Waals surface area contributed by atoms with Gasteiger partial charge in [-0.15, -0.1) is 0 Å². The third-order valence-electron chi connectivity index (χ3n) is 3.15. The van der Waals surface area contributed by atoms with Crippen LogP contribution in [0.5, 0.6) is 0 Å². The molecule has 2 atom stereocenters. The summed E-state index contributed by atoms with van der Waals surface area (Å²) in [5, 5.41) is 11.3. The van der Waals surface area contributed by atoms with E-state index in [1.807, 2.05) is 0 Å². The van der Waals surface area contributed by atoms with Crippen LogP contribution in [0, 0.1) is 0 Å². The van der Waals surface area contributed by atoms with Gasteiger partial charge in [-0.1, -0.05) is 0 Å². The Morgan fingerprint density at radius 3 is 2.89 bits per heavy atom. The number of carboxylic acids is 1. The van der Waals surface area contributed by atoms with Crippen LogP contribution in [0.1, 0.15) is 19.3 Å². The first kappa shape index (κ1) is 12.8. The molecule has 0 spiro atoms. The summed E-state index contributed by atoms with van der Waals surface area (Å²) in [6, 6.07) is -0.457. The third-order valence-corrected chi connectivity index (χ3v) is 3.15. The molecule has 0 aromatic rings. The largest absolute Gasteiger partial charge is 0.481 e. The fourth-order valence-electron chi connectivity index (χ4n) is 2.26. The number of hydrogen-bond acceptors (Lipinski definition) is 4. The van der Waals surface area contributed by atoms with E-state index < -0.39 is 18.1 Å². The molecule has 2 heterocycles. The Kier molecular flexibility index (Phi) is 3.81. The quantitative estimate of drug-likeness (QED) is 0.673. The second-order valence-electron chi connectivity index (χ2n) is 4.53. The van der Waals surface area contributed by atoms with E-state index in [0.717, 1.165) is 0 Å². The van der Waals surface area contributed by atoms with Crippen molar-refractivity contribution in [3.05, 3.63) is 0 Å². The van der Waals surface area contributed by atoms with Crippen LogP contribution in [-0.2, 0) is 19.1 Å². The second-order valence-corrected chi connectivity index (χ2v) is 4.53. The number of carboxylic acid groups (broad SMARTS) is 1. The lowest BCUT2D eigenvalue weighted by Gasteiger charge is -2.33. The van der Waals surface area contributed by atoms with Crippen molar-refractivity contribution < 1.29 is 24.2 Å². The molecule has 2 aliphatic rings. The number of amides is 2. The monoisotopic (exact) mass is 256 g/mol. The number of nitrogens with one attached hydrogen (secondary N) is 1. The number of aliphatic carboxylic acids is 1. The topological polar surface area (TPSA) is 95.9 Å². The van der Waals surface area contributed by atoms with Gasteiger partial charge in [0.15, 0.2) is 0 Å². The minimum absolute atomic E-state index is 0.108. The highest BCUT2D eigenvalue weighted by Gasteiger charge is 2.33. The molecule has 0 aromatic carbocycles. The summed E-state index contributed by atoms with van der Waals surface area (Å²) >= 11 is 0. The Balaban J connectivity index is 1.90. The number of ether oxygens (including phenoxy) is 1. The molecular weight excluding hydrogens is 240 g/mol. The van der Waals surface area contributed by atoms with E-state index in [0.29, 0.717) is 26.0 Å². The summed E-state index contributed by atoms with van der Waals surface area (Å²) in [4.78, 5) is 35.3. The summed E-state index contributed by atoms with van der Waals surface area (Å²) in [6.45, 7) is 1.06. The smallest absolute Gasteiger partial charge is 0.306 e. The first-order chi connectivity index (χ1) is 8.56. The first-order valence-electron chi connectivity index (χ1n) is 5.98. The summed E-state index contributed by atoms with van der Waals surface area (Å²) in [6.07, 6.45) is 0.316. The Labute approximate surface area is 104 Å². The van der Waals surface area contributed by atoms with E-state index in [9.17, 15) is 14.4 Å². The molecule has 100 valence electrons. The zero-order valence-corrected chi connectivity index (χ0v) is 9.92. The Morgan fingerprint density at radius 1 is 1.50 bits per heavy atom. The maximum Gasteiger partial charge on any atom is 0.306 e. The zero-order chi connectivity index (χ0) is 13.1. The Bertz CT molecular complexity index is 370. The minimum Gasteiger partial charge on any atom is -0.481 e. The van der Waals surface area contributed by atoms with Gasteiger partial charge in [0.05, 0.1) is 19.1 Å². The van der Waals surface area contributed by atoms with E-state index in [1.165, 1.54) is 0 Å². The fraction of sp³-hybridized carbons (Fsp3) is 0.727. The fourth-order valence-corrected chi connectivity index (χ4v) is 2.26. The van der Waals surface area contributed by atoms with Crippen molar-refractivity contribution in [3.8, 4) is 0 Å². The highest BCUT2D eigenvalue weighted by atomic mass is 16.5. The lowest BCUT2D eigenvalue weighted by Crippen LogP contribution is -2.51. The molecule has 2 fully saturated rings. The van der Waals surface area contributed by atoms with Crippen molar-refractivity contribution in [2.75, 3.05) is 19.7 Å². The highest BCUT2D eigenvalue weighted by molar-refractivity contribution is 5.90. The normalized spacial score (nSPS) is 28.0. The van der Waals surface area contributed by atoms with Gasteiger partial charge in [0, 0.05) is 19.5 Å². The maximum atomic E-state index is 12.1. The summed E-state index contributed by atoms with van der Waals surface area (Å²) in [5.74, 6) is -1.19. The molecule has 2 aliphatic heterocycles. The number of hydrogen-bond donors (Lipinski definition) is 2. The van der Waals surface area contributed by atoms with Gasteiger partial charge >= 0.3 is 5.97 Å². The van der Waals surface area contributed by atoms with Crippen LogP contribution in [0.15, 0.2) is 0 Å². The third kappa shape index (κ3) is 2.98. The minimum atomic E-state index is -0.941. The predicted octanol–water partition coefficient (Wildman–Crippen LogP) is -1.03. The predicted molar refractivity (Wildman–Crippen MR) is 59.7 cm³/mol. The van der Waals surface area contributed by atoms with Gasteiger partial charge in [0.25, 0.3) is 0 Å². The molecular formula is C11H16N2O5. The first-order valence-corrected chi connectivity index (χ1v) is 5.98. The van der Waals surface area contributed by atoms with Crippen molar-refractivity contribution in [3.63, 3.8) is 0 Å². The molecule has 2 N–H and O–H groups in total. The van der Waals surface area contributed by atoms with Gasteiger partial charge < -0.3 is 20.1 Å². The van der Waals surface area contributed by atoms with Gasteiger partial charge in [-0.25, -0.2) is 0 Å². The van der Waals surface area contributed by atoms with E-state index in [4.69, 9.17) is 9.84 Å². The molecule has 7 nitrogen and oxygen atoms in total. The molecule has 0 aromatic heterocycles. The molecule has 2 rings (SSSR count). The Morgan fingerprint density at radius 2 is 2.28 bits per heavy atom. The molecule has 0 radical (unpaired) electrons. The number of carbonyl (C=O) groups is 3. The van der Waals surface area contributed by atoms with E-state index in [1.54, 1.807) is 4.90 Å².